The standard InChI is InChI=1S/C19H24FNO2/c1-13(11-18(22)15-7-5-4-6-8-15)21-14(2)16-9-10-17(20)19(12-16)23-3/h4-10,12-14,18,21-22H,11H2,1-3H3. The zero-order valence-corrected chi connectivity index (χ0v) is 13.8. The number of methoxy groups -OCH3 is 1. The van der Waals surface area contributed by atoms with Gasteiger partial charge in [-0.25, -0.2) is 4.39 Å². The first-order valence-corrected chi connectivity index (χ1v) is 7.83. The van der Waals surface area contributed by atoms with E-state index in [-0.39, 0.29) is 23.7 Å². The largest absolute Gasteiger partial charge is 0.494 e. The third kappa shape index (κ3) is 4.78. The highest BCUT2D eigenvalue weighted by molar-refractivity contribution is 5.32. The molecule has 0 radical (unpaired) electrons. The van der Waals surface area contributed by atoms with E-state index < -0.39 is 6.10 Å². The Morgan fingerprint density at radius 2 is 1.78 bits per heavy atom. The number of halogens is 1. The third-order valence-electron chi connectivity index (χ3n) is 3.97. The fourth-order valence-electron chi connectivity index (χ4n) is 2.68. The molecule has 0 saturated carbocycles. The predicted octanol–water partition coefficient (Wildman–Crippen LogP) is 4.00. The molecule has 0 bridgehead atoms. The van der Waals surface area contributed by atoms with Gasteiger partial charge in [0.2, 0.25) is 0 Å². The van der Waals surface area contributed by atoms with Crippen molar-refractivity contribution in [2.75, 3.05) is 7.11 Å². The molecule has 0 aromatic heterocycles. The van der Waals surface area contributed by atoms with Gasteiger partial charge in [-0.3, -0.25) is 0 Å². The van der Waals surface area contributed by atoms with E-state index in [1.54, 1.807) is 12.1 Å². The Balaban J connectivity index is 1.95. The number of aliphatic hydroxyl groups is 1. The van der Waals surface area contributed by atoms with Gasteiger partial charge < -0.3 is 15.2 Å². The topological polar surface area (TPSA) is 41.5 Å². The van der Waals surface area contributed by atoms with E-state index in [1.165, 1.54) is 13.2 Å². The summed E-state index contributed by atoms with van der Waals surface area (Å²) in [6.45, 7) is 4.04. The molecule has 2 aromatic carbocycles. The van der Waals surface area contributed by atoms with Crippen LogP contribution in [0.2, 0.25) is 0 Å². The van der Waals surface area contributed by atoms with E-state index in [1.807, 2.05) is 44.2 Å². The lowest BCUT2D eigenvalue weighted by Crippen LogP contribution is -2.30. The molecular weight excluding hydrogens is 293 g/mol. The third-order valence-corrected chi connectivity index (χ3v) is 3.97. The molecule has 2 rings (SSSR count). The van der Waals surface area contributed by atoms with Gasteiger partial charge >= 0.3 is 0 Å². The van der Waals surface area contributed by atoms with Crippen LogP contribution in [-0.2, 0) is 0 Å². The van der Waals surface area contributed by atoms with E-state index in [9.17, 15) is 9.50 Å². The van der Waals surface area contributed by atoms with Gasteiger partial charge in [0.15, 0.2) is 11.6 Å². The fraction of sp³-hybridized carbons (Fsp3) is 0.368. The van der Waals surface area contributed by atoms with Gasteiger partial charge in [-0.15, -0.1) is 0 Å². The van der Waals surface area contributed by atoms with Crippen molar-refractivity contribution in [3.8, 4) is 5.75 Å². The minimum absolute atomic E-state index is 0.0301. The Hall–Kier alpha value is -1.91. The molecule has 23 heavy (non-hydrogen) atoms. The summed E-state index contributed by atoms with van der Waals surface area (Å²) in [5, 5.41) is 13.7. The van der Waals surface area contributed by atoms with Crippen molar-refractivity contribution in [2.45, 2.75) is 38.5 Å². The van der Waals surface area contributed by atoms with Gasteiger partial charge in [-0.1, -0.05) is 36.4 Å². The Kier molecular flexibility index (Phi) is 6.13. The van der Waals surface area contributed by atoms with Crippen LogP contribution in [0, 0.1) is 5.82 Å². The van der Waals surface area contributed by atoms with Crippen LogP contribution >= 0.6 is 0 Å². The maximum absolute atomic E-state index is 13.5. The van der Waals surface area contributed by atoms with E-state index in [0.717, 1.165) is 11.1 Å². The number of aliphatic hydroxyl groups excluding tert-OH is 1. The number of nitrogens with one attached hydrogen (secondary N) is 1. The highest BCUT2D eigenvalue weighted by atomic mass is 19.1. The van der Waals surface area contributed by atoms with Gasteiger partial charge in [-0.2, -0.15) is 0 Å². The molecule has 0 aliphatic heterocycles. The average Bonchev–Trinajstić information content (AvgIpc) is 2.55. The second kappa shape index (κ2) is 8.09. The molecule has 124 valence electrons. The fourth-order valence-corrected chi connectivity index (χ4v) is 2.68. The van der Waals surface area contributed by atoms with Crippen LogP contribution < -0.4 is 10.1 Å². The smallest absolute Gasteiger partial charge is 0.165 e. The minimum Gasteiger partial charge on any atom is -0.494 e. The van der Waals surface area contributed by atoms with Gasteiger partial charge in [0.25, 0.3) is 0 Å². The number of hydrogen-bond acceptors (Lipinski definition) is 3. The normalized spacial score (nSPS) is 15.0. The van der Waals surface area contributed by atoms with Crippen LogP contribution in [-0.4, -0.2) is 18.3 Å². The second-order valence-electron chi connectivity index (χ2n) is 5.85. The molecular formula is C19H24FNO2. The highest BCUT2D eigenvalue weighted by Crippen LogP contribution is 2.24. The first-order valence-electron chi connectivity index (χ1n) is 7.83. The molecule has 3 atom stereocenters. The first kappa shape index (κ1) is 17.4. The van der Waals surface area contributed by atoms with Crippen LogP contribution in [0.5, 0.6) is 5.75 Å². The summed E-state index contributed by atoms with van der Waals surface area (Å²) in [7, 11) is 1.46. The van der Waals surface area contributed by atoms with Crippen molar-refractivity contribution in [3.63, 3.8) is 0 Å². The lowest BCUT2D eigenvalue weighted by molar-refractivity contribution is 0.152. The monoisotopic (exact) mass is 317 g/mol. The zero-order valence-electron chi connectivity index (χ0n) is 13.8. The van der Waals surface area contributed by atoms with Gasteiger partial charge in [0.1, 0.15) is 0 Å². The van der Waals surface area contributed by atoms with Crippen molar-refractivity contribution in [1.82, 2.24) is 5.32 Å². The summed E-state index contributed by atoms with van der Waals surface area (Å²) in [6, 6.07) is 14.6. The van der Waals surface area contributed by atoms with E-state index in [2.05, 4.69) is 5.32 Å². The SMILES string of the molecule is COc1cc(C(C)NC(C)CC(O)c2ccccc2)ccc1F. The van der Waals surface area contributed by atoms with Gasteiger partial charge in [-0.05, 0) is 43.5 Å². The Bertz CT molecular complexity index is 618. The Morgan fingerprint density at radius 1 is 1.09 bits per heavy atom. The lowest BCUT2D eigenvalue weighted by atomic mass is 10.0. The molecule has 2 N–H and O–H groups in total. The summed E-state index contributed by atoms with van der Waals surface area (Å²) in [5.41, 5.74) is 1.86. The summed E-state index contributed by atoms with van der Waals surface area (Å²) in [5.74, 6) is -0.121. The average molecular weight is 317 g/mol. The zero-order chi connectivity index (χ0) is 16.8. The molecule has 3 unspecified atom stereocenters. The van der Waals surface area contributed by atoms with Crippen molar-refractivity contribution in [2.24, 2.45) is 0 Å². The minimum atomic E-state index is -0.506. The molecule has 3 nitrogen and oxygen atoms in total. The van der Waals surface area contributed by atoms with Crippen LogP contribution in [0.3, 0.4) is 0 Å². The predicted molar refractivity (Wildman–Crippen MR) is 90.0 cm³/mol. The molecule has 2 aromatic rings. The van der Waals surface area contributed by atoms with Crippen molar-refractivity contribution >= 4 is 0 Å². The van der Waals surface area contributed by atoms with Crippen molar-refractivity contribution in [3.05, 3.63) is 65.5 Å². The van der Waals surface area contributed by atoms with E-state index >= 15 is 0 Å². The van der Waals surface area contributed by atoms with Gasteiger partial charge in [0.05, 0.1) is 13.2 Å². The molecule has 0 fully saturated rings. The summed E-state index contributed by atoms with van der Waals surface area (Å²) >= 11 is 0. The van der Waals surface area contributed by atoms with E-state index in [4.69, 9.17) is 4.74 Å². The first-order chi connectivity index (χ1) is 11.0. The Labute approximate surface area is 137 Å². The van der Waals surface area contributed by atoms with Crippen LogP contribution in [0.15, 0.2) is 48.5 Å². The van der Waals surface area contributed by atoms with E-state index in [0.29, 0.717) is 6.42 Å². The molecule has 0 saturated heterocycles. The summed E-state index contributed by atoms with van der Waals surface area (Å²) in [6.07, 6.45) is 0.0980. The van der Waals surface area contributed by atoms with Crippen LogP contribution in [0.4, 0.5) is 4.39 Å². The Morgan fingerprint density at radius 3 is 2.43 bits per heavy atom. The highest BCUT2D eigenvalue weighted by Gasteiger charge is 2.16. The summed E-state index contributed by atoms with van der Waals surface area (Å²) in [4.78, 5) is 0. The molecule has 0 heterocycles. The maximum Gasteiger partial charge on any atom is 0.165 e. The summed E-state index contributed by atoms with van der Waals surface area (Å²) < 4.78 is 18.5. The number of benzene rings is 2. The molecule has 0 amide bonds. The molecule has 0 spiro atoms. The molecule has 0 aliphatic carbocycles. The molecule has 0 aliphatic rings. The number of rotatable bonds is 7. The molecule has 4 heteroatoms. The van der Waals surface area contributed by atoms with Gasteiger partial charge in [0, 0.05) is 12.1 Å². The van der Waals surface area contributed by atoms with Crippen LogP contribution in [0.1, 0.15) is 43.5 Å². The number of ether oxygens (including phenoxy) is 1. The second-order valence-corrected chi connectivity index (χ2v) is 5.85. The number of hydrogen-bond donors (Lipinski definition) is 2. The maximum atomic E-state index is 13.5. The van der Waals surface area contributed by atoms with Crippen molar-refractivity contribution < 1.29 is 14.2 Å². The van der Waals surface area contributed by atoms with Crippen LogP contribution in [0.25, 0.3) is 0 Å². The van der Waals surface area contributed by atoms with Crippen molar-refractivity contribution in [1.29, 1.82) is 0 Å². The quantitative estimate of drug-likeness (QED) is 0.811. The lowest BCUT2D eigenvalue weighted by Gasteiger charge is -2.23.